The van der Waals surface area contributed by atoms with E-state index in [1.54, 1.807) is 32.4 Å². The maximum Gasteiger partial charge on any atom is 0.255 e. The van der Waals surface area contributed by atoms with E-state index in [4.69, 9.17) is 18.7 Å². The molecule has 3 aromatic rings. The summed E-state index contributed by atoms with van der Waals surface area (Å²) in [5.41, 5.74) is 1.17. The van der Waals surface area contributed by atoms with E-state index in [-0.39, 0.29) is 12.5 Å². The van der Waals surface area contributed by atoms with Crippen molar-refractivity contribution < 1.29 is 23.5 Å². The van der Waals surface area contributed by atoms with Crippen LogP contribution in [0.3, 0.4) is 0 Å². The molecule has 0 fully saturated rings. The van der Waals surface area contributed by atoms with Crippen LogP contribution in [0.2, 0.25) is 0 Å². The van der Waals surface area contributed by atoms with E-state index in [9.17, 15) is 4.79 Å². The predicted molar refractivity (Wildman–Crippen MR) is 97.0 cm³/mol. The first-order valence-electron chi connectivity index (χ1n) is 8.12. The van der Waals surface area contributed by atoms with Crippen LogP contribution >= 0.6 is 0 Å². The van der Waals surface area contributed by atoms with Gasteiger partial charge in [0.25, 0.3) is 5.91 Å². The van der Waals surface area contributed by atoms with Crippen molar-refractivity contribution in [2.45, 2.75) is 6.54 Å². The van der Waals surface area contributed by atoms with Crippen LogP contribution in [0.25, 0.3) is 11.4 Å². The third-order valence-electron chi connectivity index (χ3n) is 3.87. The summed E-state index contributed by atoms with van der Waals surface area (Å²) in [5, 5.41) is 6.66. The molecule has 1 amide bonds. The summed E-state index contributed by atoms with van der Waals surface area (Å²) >= 11 is 0. The molecule has 8 heteroatoms. The Morgan fingerprint density at radius 2 is 1.70 bits per heavy atom. The van der Waals surface area contributed by atoms with Gasteiger partial charge >= 0.3 is 0 Å². The fourth-order valence-corrected chi connectivity index (χ4v) is 2.42. The highest BCUT2D eigenvalue weighted by Crippen LogP contribution is 2.24. The molecular formula is C19H19N3O5. The number of hydrogen-bond donors (Lipinski definition) is 1. The van der Waals surface area contributed by atoms with Crippen LogP contribution in [0.5, 0.6) is 17.2 Å². The van der Waals surface area contributed by atoms with Crippen molar-refractivity contribution in [3.05, 3.63) is 53.9 Å². The lowest BCUT2D eigenvalue weighted by molar-refractivity contribution is 0.0943. The first-order valence-corrected chi connectivity index (χ1v) is 8.12. The number of carbonyl (C=O) groups excluding carboxylic acids is 1. The van der Waals surface area contributed by atoms with Crippen molar-refractivity contribution in [2.24, 2.45) is 0 Å². The average molecular weight is 369 g/mol. The van der Waals surface area contributed by atoms with Crippen LogP contribution in [0.4, 0.5) is 0 Å². The molecule has 140 valence electrons. The topological polar surface area (TPSA) is 95.7 Å². The van der Waals surface area contributed by atoms with Crippen LogP contribution in [0.15, 0.2) is 47.0 Å². The molecule has 3 rings (SSSR count). The molecule has 27 heavy (non-hydrogen) atoms. The van der Waals surface area contributed by atoms with E-state index in [1.807, 2.05) is 24.3 Å². The maximum absolute atomic E-state index is 12.4. The summed E-state index contributed by atoms with van der Waals surface area (Å²) in [6, 6.07) is 12.2. The molecule has 1 aromatic heterocycles. The monoisotopic (exact) mass is 369 g/mol. The summed E-state index contributed by atoms with van der Waals surface area (Å²) in [6.45, 7) is 0.0944. The van der Waals surface area contributed by atoms with Crippen LogP contribution in [0, 0.1) is 0 Å². The second-order valence-corrected chi connectivity index (χ2v) is 5.49. The van der Waals surface area contributed by atoms with E-state index < -0.39 is 0 Å². The first kappa shape index (κ1) is 18.2. The molecular weight excluding hydrogens is 350 g/mol. The standard InChI is InChI=1S/C19H19N3O5/c1-24-13-6-4-12(5-7-13)18-21-17(27-22-18)11-20-19(23)15-9-8-14(25-2)10-16(15)26-3/h4-10H,11H2,1-3H3,(H,20,23). The minimum Gasteiger partial charge on any atom is -0.497 e. The Bertz CT molecular complexity index is 921. The molecule has 0 aliphatic heterocycles. The third kappa shape index (κ3) is 4.17. The lowest BCUT2D eigenvalue weighted by Gasteiger charge is -2.09. The van der Waals surface area contributed by atoms with Gasteiger partial charge in [0.1, 0.15) is 17.2 Å². The highest BCUT2D eigenvalue weighted by molar-refractivity contribution is 5.97. The molecule has 1 heterocycles. The minimum atomic E-state index is -0.321. The number of benzene rings is 2. The molecule has 0 atom stereocenters. The molecule has 0 spiro atoms. The molecule has 0 aliphatic rings. The number of carbonyl (C=O) groups is 1. The number of aromatic nitrogens is 2. The highest BCUT2D eigenvalue weighted by Gasteiger charge is 2.15. The third-order valence-corrected chi connectivity index (χ3v) is 3.87. The van der Waals surface area contributed by atoms with E-state index in [2.05, 4.69) is 15.5 Å². The molecule has 0 saturated carbocycles. The highest BCUT2D eigenvalue weighted by atomic mass is 16.5. The number of ether oxygens (including phenoxy) is 3. The SMILES string of the molecule is COc1ccc(-c2noc(CNC(=O)c3ccc(OC)cc3OC)n2)cc1. The molecule has 2 aromatic carbocycles. The number of methoxy groups -OCH3 is 3. The van der Waals surface area contributed by atoms with Crippen molar-refractivity contribution in [3.8, 4) is 28.6 Å². The Balaban J connectivity index is 1.66. The van der Waals surface area contributed by atoms with Gasteiger partial charge < -0.3 is 24.1 Å². The van der Waals surface area contributed by atoms with Crippen LogP contribution < -0.4 is 19.5 Å². The number of rotatable bonds is 7. The zero-order chi connectivity index (χ0) is 19.2. The van der Waals surface area contributed by atoms with Gasteiger partial charge in [0, 0.05) is 11.6 Å². The molecule has 8 nitrogen and oxygen atoms in total. The molecule has 0 bridgehead atoms. The number of amides is 1. The summed E-state index contributed by atoms with van der Waals surface area (Å²) in [4.78, 5) is 16.7. The molecule has 0 radical (unpaired) electrons. The van der Waals surface area contributed by atoms with E-state index in [1.165, 1.54) is 7.11 Å². The van der Waals surface area contributed by atoms with Gasteiger partial charge in [-0.25, -0.2) is 0 Å². The smallest absolute Gasteiger partial charge is 0.255 e. The van der Waals surface area contributed by atoms with Crippen LogP contribution in [-0.2, 0) is 6.54 Å². The fraction of sp³-hybridized carbons (Fsp3) is 0.211. The second-order valence-electron chi connectivity index (χ2n) is 5.49. The average Bonchev–Trinajstić information content (AvgIpc) is 3.20. The summed E-state index contributed by atoms with van der Waals surface area (Å²) in [7, 11) is 4.64. The Labute approximate surface area is 156 Å². The molecule has 0 saturated heterocycles. The Morgan fingerprint density at radius 3 is 2.37 bits per heavy atom. The number of nitrogens with one attached hydrogen (secondary N) is 1. The van der Waals surface area contributed by atoms with Crippen molar-refractivity contribution in [1.82, 2.24) is 15.5 Å². The Hall–Kier alpha value is -3.55. The van der Waals surface area contributed by atoms with Crippen LogP contribution in [0.1, 0.15) is 16.2 Å². The summed E-state index contributed by atoms with van der Waals surface area (Å²) in [6.07, 6.45) is 0. The van der Waals surface area contributed by atoms with E-state index >= 15 is 0 Å². The lowest BCUT2D eigenvalue weighted by atomic mass is 10.1. The van der Waals surface area contributed by atoms with Crippen molar-refractivity contribution in [2.75, 3.05) is 21.3 Å². The molecule has 0 aliphatic carbocycles. The zero-order valence-corrected chi connectivity index (χ0v) is 15.2. The van der Waals surface area contributed by atoms with E-state index in [0.717, 1.165) is 11.3 Å². The van der Waals surface area contributed by atoms with Gasteiger partial charge in [0.2, 0.25) is 11.7 Å². The normalized spacial score (nSPS) is 10.3. The predicted octanol–water partition coefficient (Wildman–Crippen LogP) is 2.69. The Kier molecular flexibility index (Phi) is 5.55. The van der Waals surface area contributed by atoms with Gasteiger partial charge in [-0.2, -0.15) is 4.98 Å². The van der Waals surface area contributed by atoms with Gasteiger partial charge in [-0.05, 0) is 36.4 Å². The van der Waals surface area contributed by atoms with Crippen LogP contribution in [-0.4, -0.2) is 37.4 Å². The minimum absolute atomic E-state index is 0.0944. The summed E-state index contributed by atoms with van der Waals surface area (Å²) in [5.74, 6) is 2.16. The van der Waals surface area contributed by atoms with E-state index in [0.29, 0.717) is 28.8 Å². The van der Waals surface area contributed by atoms with Crippen molar-refractivity contribution in [3.63, 3.8) is 0 Å². The van der Waals surface area contributed by atoms with Crippen molar-refractivity contribution in [1.29, 1.82) is 0 Å². The second kappa shape index (κ2) is 8.22. The molecule has 0 unspecified atom stereocenters. The van der Waals surface area contributed by atoms with Gasteiger partial charge in [-0.1, -0.05) is 5.16 Å². The quantitative estimate of drug-likeness (QED) is 0.684. The lowest BCUT2D eigenvalue weighted by Crippen LogP contribution is -2.23. The van der Waals surface area contributed by atoms with Gasteiger partial charge in [0.15, 0.2) is 0 Å². The number of nitrogens with zero attached hydrogens (tertiary/aromatic N) is 2. The van der Waals surface area contributed by atoms with Crippen molar-refractivity contribution >= 4 is 5.91 Å². The fourth-order valence-electron chi connectivity index (χ4n) is 2.42. The first-order chi connectivity index (χ1) is 13.1. The molecule has 1 N–H and O–H groups in total. The summed E-state index contributed by atoms with van der Waals surface area (Å²) < 4.78 is 20.7. The van der Waals surface area contributed by atoms with Gasteiger partial charge in [-0.15, -0.1) is 0 Å². The van der Waals surface area contributed by atoms with Gasteiger partial charge in [0.05, 0.1) is 33.4 Å². The number of hydrogen-bond acceptors (Lipinski definition) is 7. The Morgan fingerprint density at radius 1 is 1.00 bits per heavy atom. The largest absolute Gasteiger partial charge is 0.497 e. The maximum atomic E-state index is 12.4. The van der Waals surface area contributed by atoms with Gasteiger partial charge in [-0.3, -0.25) is 4.79 Å². The zero-order valence-electron chi connectivity index (χ0n) is 15.2.